The summed E-state index contributed by atoms with van der Waals surface area (Å²) in [7, 11) is 3.08. The minimum absolute atomic E-state index is 0.169. The van der Waals surface area contributed by atoms with Crippen molar-refractivity contribution in [3.05, 3.63) is 57.1 Å². The third-order valence-electron chi connectivity index (χ3n) is 3.10. The smallest absolute Gasteiger partial charge is 0.193 e. The molecule has 0 unspecified atom stereocenters. The van der Waals surface area contributed by atoms with Crippen LogP contribution in [0.2, 0.25) is 10.0 Å². The summed E-state index contributed by atoms with van der Waals surface area (Å²) >= 11 is 11.9. The van der Waals surface area contributed by atoms with E-state index in [1.54, 1.807) is 37.4 Å². The highest BCUT2D eigenvalue weighted by molar-refractivity contribution is 6.35. The number of methoxy groups -OCH3 is 2. The molecule has 21 heavy (non-hydrogen) atoms. The van der Waals surface area contributed by atoms with E-state index in [1.807, 2.05) is 6.92 Å². The molecular formula is C16H14Cl2O3. The third-order valence-corrected chi connectivity index (χ3v) is 3.54. The lowest BCUT2D eigenvalue weighted by molar-refractivity contribution is 0.103. The molecule has 0 heterocycles. The van der Waals surface area contributed by atoms with Gasteiger partial charge in [0, 0.05) is 21.2 Å². The number of aryl methyl sites for hydroxylation is 1. The van der Waals surface area contributed by atoms with Crippen LogP contribution < -0.4 is 9.47 Å². The van der Waals surface area contributed by atoms with Crippen LogP contribution >= 0.6 is 23.2 Å². The molecule has 0 saturated carbocycles. The standard InChI is InChI=1S/C16H14Cl2O3/c1-9-4-14(20-2)15(21-3)8-13(9)16(19)10-5-11(17)7-12(18)6-10/h4-8H,1-3H3. The Kier molecular flexibility index (Phi) is 4.76. The number of carbonyl (C=O) groups is 1. The number of hydrogen-bond donors (Lipinski definition) is 0. The second kappa shape index (κ2) is 6.37. The summed E-state index contributed by atoms with van der Waals surface area (Å²) in [4.78, 5) is 12.6. The summed E-state index contributed by atoms with van der Waals surface area (Å²) in [6.45, 7) is 1.83. The SMILES string of the molecule is COc1cc(C)c(C(=O)c2cc(Cl)cc(Cl)c2)cc1OC. The van der Waals surface area contributed by atoms with E-state index in [2.05, 4.69) is 0 Å². The first-order chi connectivity index (χ1) is 9.96. The largest absolute Gasteiger partial charge is 0.493 e. The van der Waals surface area contributed by atoms with E-state index in [4.69, 9.17) is 32.7 Å². The van der Waals surface area contributed by atoms with Gasteiger partial charge in [-0.05, 0) is 42.8 Å². The van der Waals surface area contributed by atoms with E-state index < -0.39 is 0 Å². The minimum atomic E-state index is -0.169. The second-order valence-corrected chi connectivity index (χ2v) is 5.38. The van der Waals surface area contributed by atoms with Crippen LogP contribution in [-0.4, -0.2) is 20.0 Å². The fourth-order valence-corrected chi connectivity index (χ4v) is 2.59. The van der Waals surface area contributed by atoms with E-state index in [0.717, 1.165) is 5.56 Å². The number of hydrogen-bond acceptors (Lipinski definition) is 3. The molecule has 0 spiro atoms. The highest BCUT2D eigenvalue weighted by Crippen LogP contribution is 2.32. The van der Waals surface area contributed by atoms with Crippen LogP contribution in [0.1, 0.15) is 21.5 Å². The molecular weight excluding hydrogens is 311 g/mol. The van der Waals surface area contributed by atoms with Gasteiger partial charge in [0.15, 0.2) is 17.3 Å². The molecule has 0 aliphatic heterocycles. The Morgan fingerprint density at radius 3 is 1.95 bits per heavy atom. The average Bonchev–Trinajstić information content (AvgIpc) is 2.45. The van der Waals surface area contributed by atoms with E-state index >= 15 is 0 Å². The molecule has 3 nitrogen and oxygen atoms in total. The molecule has 0 aliphatic rings. The Labute approximate surface area is 133 Å². The van der Waals surface area contributed by atoms with Crippen LogP contribution in [-0.2, 0) is 0 Å². The summed E-state index contributed by atoms with van der Waals surface area (Å²) in [6.07, 6.45) is 0. The lowest BCUT2D eigenvalue weighted by Gasteiger charge is -2.12. The Balaban J connectivity index is 2.52. The lowest BCUT2D eigenvalue weighted by Crippen LogP contribution is -2.05. The van der Waals surface area contributed by atoms with Crippen molar-refractivity contribution in [3.63, 3.8) is 0 Å². The van der Waals surface area contributed by atoms with Crippen LogP contribution in [0.5, 0.6) is 11.5 Å². The van der Waals surface area contributed by atoms with Crippen molar-refractivity contribution >= 4 is 29.0 Å². The van der Waals surface area contributed by atoms with E-state index in [1.165, 1.54) is 7.11 Å². The molecule has 0 aromatic heterocycles. The number of ketones is 1. The molecule has 2 aromatic carbocycles. The molecule has 0 fully saturated rings. The monoisotopic (exact) mass is 324 g/mol. The summed E-state index contributed by atoms with van der Waals surface area (Å²) in [5, 5.41) is 0.841. The predicted octanol–water partition coefficient (Wildman–Crippen LogP) is 4.55. The Bertz CT molecular complexity index is 676. The fraction of sp³-hybridized carbons (Fsp3) is 0.188. The summed E-state index contributed by atoms with van der Waals surface area (Å²) in [6, 6.07) is 8.18. The number of benzene rings is 2. The molecule has 0 radical (unpaired) electrons. The van der Waals surface area contributed by atoms with Crippen molar-refractivity contribution in [2.45, 2.75) is 6.92 Å². The lowest BCUT2D eigenvalue weighted by atomic mass is 9.98. The van der Waals surface area contributed by atoms with Gasteiger partial charge in [0.25, 0.3) is 0 Å². The van der Waals surface area contributed by atoms with Crippen LogP contribution in [0.3, 0.4) is 0 Å². The number of halogens is 2. The molecule has 2 rings (SSSR count). The van der Waals surface area contributed by atoms with Crippen molar-refractivity contribution < 1.29 is 14.3 Å². The maximum atomic E-state index is 12.6. The third kappa shape index (κ3) is 3.31. The highest BCUT2D eigenvalue weighted by atomic mass is 35.5. The van der Waals surface area contributed by atoms with Gasteiger partial charge >= 0.3 is 0 Å². The van der Waals surface area contributed by atoms with Crippen molar-refractivity contribution in [3.8, 4) is 11.5 Å². The van der Waals surface area contributed by atoms with E-state index in [9.17, 15) is 4.79 Å². The van der Waals surface area contributed by atoms with Gasteiger partial charge in [0.1, 0.15) is 0 Å². The van der Waals surface area contributed by atoms with E-state index in [-0.39, 0.29) is 5.78 Å². The molecule has 0 saturated heterocycles. The zero-order valence-corrected chi connectivity index (χ0v) is 13.4. The van der Waals surface area contributed by atoms with Crippen LogP contribution in [0.15, 0.2) is 30.3 Å². The zero-order valence-electron chi connectivity index (χ0n) is 11.9. The van der Waals surface area contributed by atoms with Gasteiger partial charge in [-0.1, -0.05) is 23.2 Å². The number of ether oxygens (including phenoxy) is 2. The average molecular weight is 325 g/mol. The van der Waals surface area contributed by atoms with Crippen molar-refractivity contribution in [1.82, 2.24) is 0 Å². The first-order valence-electron chi connectivity index (χ1n) is 6.19. The molecule has 5 heteroatoms. The quantitative estimate of drug-likeness (QED) is 0.774. The van der Waals surface area contributed by atoms with Gasteiger partial charge in [-0.25, -0.2) is 0 Å². The fourth-order valence-electron chi connectivity index (χ4n) is 2.07. The van der Waals surface area contributed by atoms with Gasteiger partial charge in [0.05, 0.1) is 14.2 Å². The molecule has 0 N–H and O–H groups in total. The summed E-state index contributed by atoms with van der Waals surface area (Å²) in [5.41, 5.74) is 1.74. The second-order valence-electron chi connectivity index (χ2n) is 4.51. The molecule has 2 aromatic rings. The summed E-state index contributed by atoms with van der Waals surface area (Å²) in [5.74, 6) is 0.910. The molecule has 0 atom stereocenters. The predicted molar refractivity (Wildman–Crippen MR) is 84.2 cm³/mol. The van der Waals surface area contributed by atoms with Crippen molar-refractivity contribution in [1.29, 1.82) is 0 Å². The van der Waals surface area contributed by atoms with Gasteiger partial charge in [0.2, 0.25) is 0 Å². The topological polar surface area (TPSA) is 35.5 Å². The first kappa shape index (κ1) is 15.7. The molecule has 0 aliphatic carbocycles. The molecule has 0 amide bonds. The molecule has 110 valence electrons. The van der Waals surface area contributed by atoms with Crippen LogP contribution in [0.4, 0.5) is 0 Å². The Morgan fingerprint density at radius 2 is 1.43 bits per heavy atom. The summed E-state index contributed by atoms with van der Waals surface area (Å²) < 4.78 is 10.5. The maximum Gasteiger partial charge on any atom is 0.193 e. The zero-order chi connectivity index (χ0) is 15.6. The van der Waals surface area contributed by atoms with E-state index in [0.29, 0.717) is 32.7 Å². The Morgan fingerprint density at radius 1 is 0.905 bits per heavy atom. The van der Waals surface area contributed by atoms with Crippen LogP contribution in [0, 0.1) is 6.92 Å². The van der Waals surface area contributed by atoms with Gasteiger partial charge in [-0.15, -0.1) is 0 Å². The van der Waals surface area contributed by atoms with Crippen molar-refractivity contribution in [2.75, 3.05) is 14.2 Å². The number of rotatable bonds is 4. The minimum Gasteiger partial charge on any atom is -0.493 e. The van der Waals surface area contributed by atoms with Gasteiger partial charge in [-0.2, -0.15) is 0 Å². The van der Waals surface area contributed by atoms with Gasteiger partial charge < -0.3 is 9.47 Å². The van der Waals surface area contributed by atoms with Gasteiger partial charge in [-0.3, -0.25) is 4.79 Å². The highest BCUT2D eigenvalue weighted by Gasteiger charge is 2.17. The van der Waals surface area contributed by atoms with Crippen molar-refractivity contribution in [2.24, 2.45) is 0 Å². The molecule has 0 bridgehead atoms. The Hall–Kier alpha value is -1.71. The van der Waals surface area contributed by atoms with Crippen LogP contribution in [0.25, 0.3) is 0 Å². The normalized spacial score (nSPS) is 10.3. The maximum absolute atomic E-state index is 12.6. The first-order valence-corrected chi connectivity index (χ1v) is 6.95. The number of carbonyl (C=O) groups excluding carboxylic acids is 1.